The Bertz CT molecular complexity index is 476. The van der Waals surface area contributed by atoms with Gasteiger partial charge in [0.2, 0.25) is 5.70 Å². The molecule has 0 fully saturated rings. The van der Waals surface area contributed by atoms with Gasteiger partial charge in [-0.2, -0.15) is 0 Å². The number of hydrogen-bond acceptors (Lipinski definition) is 3. The van der Waals surface area contributed by atoms with Gasteiger partial charge in [0.25, 0.3) is 0 Å². The van der Waals surface area contributed by atoms with Gasteiger partial charge in [-0.25, -0.2) is 0 Å². The predicted molar refractivity (Wildman–Crippen MR) is 109 cm³/mol. The van der Waals surface area contributed by atoms with E-state index in [1.807, 2.05) is 30.6 Å². The number of rotatable bonds is 17. The molecule has 0 heterocycles. The van der Waals surface area contributed by atoms with E-state index >= 15 is 0 Å². The quantitative estimate of drug-likeness (QED) is 0.127. The molecule has 0 aliphatic rings. The van der Waals surface area contributed by atoms with Crippen LogP contribution in [0.25, 0.3) is 0 Å². The van der Waals surface area contributed by atoms with Crippen molar-refractivity contribution in [3.63, 3.8) is 0 Å². The summed E-state index contributed by atoms with van der Waals surface area (Å²) in [5.74, 6) is 0. The van der Waals surface area contributed by atoms with Crippen LogP contribution in [0.1, 0.15) is 84.0 Å². The van der Waals surface area contributed by atoms with Gasteiger partial charge in [0, 0.05) is 6.42 Å². The molecule has 0 atom stereocenters. The lowest BCUT2D eigenvalue weighted by Gasteiger charge is -1.95. The lowest BCUT2D eigenvalue weighted by Crippen LogP contribution is -1.97. The Kier molecular flexibility index (Phi) is 17.9. The Morgan fingerprint density at radius 1 is 0.885 bits per heavy atom. The third-order valence-corrected chi connectivity index (χ3v) is 3.95. The van der Waals surface area contributed by atoms with Crippen LogP contribution in [0.3, 0.4) is 0 Å². The highest BCUT2D eigenvalue weighted by molar-refractivity contribution is 5.50. The molecule has 0 saturated heterocycles. The predicted octanol–water partition coefficient (Wildman–Crippen LogP) is 6.63. The molecule has 0 spiro atoms. The summed E-state index contributed by atoms with van der Waals surface area (Å²) in [6, 6.07) is 0. The van der Waals surface area contributed by atoms with Crippen LogP contribution in [-0.4, -0.2) is 11.2 Å². The van der Waals surface area contributed by atoms with Crippen molar-refractivity contribution in [2.45, 2.75) is 84.0 Å². The molecular weight excluding hydrogens is 326 g/mol. The van der Waals surface area contributed by atoms with E-state index in [1.54, 1.807) is 6.08 Å². The van der Waals surface area contributed by atoms with Crippen molar-refractivity contribution in [2.24, 2.45) is 0 Å². The molecule has 4 heteroatoms. The Balaban J connectivity index is 3.91. The molecule has 4 nitrogen and oxygen atoms in total. The number of unbranched alkanes of at least 4 members (excludes halogenated alkanes) is 7. The zero-order valence-corrected chi connectivity index (χ0v) is 16.2. The molecular formula is C22H34NO3. The molecule has 0 aromatic rings. The molecule has 145 valence electrons. The zero-order chi connectivity index (χ0) is 19.3. The van der Waals surface area contributed by atoms with Gasteiger partial charge in [-0.3, -0.25) is 14.9 Å². The molecule has 0 aromatic carbocycles. The van der Waals surface area contributed by atoms with Gasteiger partial charge in [-0.05, 0) is 51.0 Å². The summed E-state index contributed by atoms with van der Waals surface area (Å²) < 4.78 is 0. The number of nitrogens with zero attached hydrogens (tertiary/aromatic N) is 1. The highest BCUT2D eigenvalue weighted by Gasteiger charge is 2.06. The summed E-state index contributed by atoms with van der Waals surface area (Å²) >= 11 is 0. The van der Waals surface area contributed by atoms with Crippen molar-refractivity contribution in [1.29, 1.82) is 0 Å². The summed E-state index contributed by atoms with van der Waals surface area (Å²) in [5, 5.41) is 11.0. The highest BCUT2D eigenvalue weighted by atomic mass is 16.6. The number of carbonyl (C=O) groups excluding carboxylic acids is 1. The van der Waals surface area contributed by atoms with Crippen molar-refractivity contribution in [3.05, 3.63) is 58.3 Å². The van der Waals surface area contributed by atoms with Gasteiger partial charge in [0.1, 0.15) is 0 Å². The molecule has 0 saturated carbocycles. The minimum atomic E-state index is -0.285. The van der Waals surface area contributed by atoms with E-state index in [4.69, 9.17) is 0 Å². The van der Waals surface area contributed by atoms with Gasteiger partial charge < -0.3 is 0 Å². The summed E-state index contributed by atoms with van der Waals surface area (Å²) in [4.78, 5) is 20.8. The second kappa shape index (κ2) is 19.4. The van der Waals surface area contributed by atoms with Crippen molar-refractivity contribution >= 4 is 6.29 Å². The Labute approximate surface area is 158 Å². The highest BCUT2D eigenvalue weighted by Crippen LogP contribution is 2.08. The largest absolute Gasteiger partial charge is 0.291 e. The minimum absolute atomic E-state index is 0.268. The SMILES string of the molecule is CCCCC/C=C/C/C(=C/C/C=C/C/C=C/CCCCC[C]=O)[N+](=O)[O-]. The van der Waals surface area contributed by atoms with E-state index in [-0.39, 0.29) is 10.6 Å². The molecule has 0 bridgehead atoms. The topological polar surface area (TPSA) is 60.2 Å². The van der Waals surface area contributed by atoms with E-state index in [0.29, 0.717) is 19.3 Å². The maximum atomic E-state index is 11.0. The summed E-state index contributed by atoms with van der Waals surface area (Å²) in [6.07, 6.45) is 26.9. The average molecular weight is 361 g/mol. The Hall–Kier alpha value is -1.97. The van der Waals surface area contributed by atoms with Crippen LogP contribution in [0.5, 0.6) is 0 Å². The molecule has 0 amide bonds. The molecule has 1 radical (unpaired) electrons. The fraction of sp³-hybridized carbons (Fsp3) is 0.591. The van der Waals surface area contributed by atoms with Gasteiger partial charge in [0.05, 0.1) is 11.3 Å². The fourth-order valence-electron chi connectivity index (χ4n) is 2.39. The molecule has 0 aliphatic heterocycles. The minimum Gasteiger partial charge on any atom is -0.291 e. The second-order valence-electron chi connectivity index (χ2n) is 6.28. The first-order chi connectivity index (χ1) is 12.7. The van der Waals surface area contributed by atoms with Crippen molar-refractivity contribution in [2.75, 3.05) is 0 Å². The lowest BCUT2D eigenvalue weighted by molar-refractivity contribution is -0.427. The van der Waals surface area contributed by atoms with Crippen molar-refractivity contribution in [1.82, 2.24) is 0 Å². The van der Waals surface area contributed by atoms with Gasteiger partial charge in [0.15, 0.2) is 6.29 Å². The molecule has 0 aromatic heterocycles. The van der Waals surface area contributed by atoms with Crippen LogP contribution in [0, 0.1) is 10.1 Å². The summed E-state index contributed by atoms with van der Waals surface area (Å²) in [7, 11) is 0. The van der Waals surface area contributed by atoms with Crippen molar-refractivity contribution < 1.29 is 9.72 Å². The summed E-state index contributed by atoms with van der Waals surface area (Å²) in [5.41, 5.74) is 0.268. The number of nitro groups is 1. The second-order valence-corrected chi connectivity index (χ2v) is 6.28. The molecule has 26 heavy (non-hydrogen) atoms. The fourth-order valence-corrected chi connectivity index (χ4v) is 2.39. The van der Waals surface area contributed by atoms with E-state index in [2.05, 4.69) is 19.1 Å². The van der Waals surface area contributed by atoms with Gasteiger partial charge in [-0.1, -0.05) is 62.6 Å². The first-order valence-corrected chi connectivity index (χ1v) is 9.85. The van der Waals surface area contributed by atoms with Crippen LogP contribution in [0.2, 0.25) is 0 Å². The maximum absolute atomic E-state index is 11.0. The Morgan fingerprint density at radius 2 is 1.54 bits per heavy atom. The van der Waals surface area contributed by atoms with Crippen LogP contribution >= 0.6 is 0 Å². The van der Waals surface area contributed by atoms with E-state index in [9.17, 15) is 14.9 Å². The van der Waals surface area contributed by atoms with Gasteiger partial charge >= 0.3 is 0 Å². The third kappa shape index (κ3) is 16.9. The lowest BCUT2D eigenvalue weighted by atomic mass is 10.1. The third-order valence-electron chi connectivity index (χ3n) is 3.95. The standard InChI is InChI=1S/C22H34NO3/c1-2-3-4-5-13-16-19-22(23(25)26)20-17-14-11-9-7-6-8-10-12-15-18-21-24/h6-7,11,13-14,16,20H,2-5,8-10,12,15,17-19H2,1H3/b7-6+,14-11+,16-13+,22-20-. The molecule has 0 N–H and O–H groups in total. The zero-order valence-electron chi connectivity index (χ0n) is 16.2. The number of allylic oxidation sites excluding steroid dienone is 7. The normalized spacial score (nSPS) is 12.6. The van der Waals surface area contributed by atoms with Crippen LogP contribution in [0.15, 0.2) is 48.2 Å². The smallest absolute Gasteiger partial charge is 0.246 e. The summed E-state index contributed by atoms with van der Waals surface area (Å²) in [6.45, 7) is 2.16. The first-order valence-electron chi connectivity index (χ1n) is 9.85. The van der Waals surface area contributed by atoms with E-state index in [0.717, 1.165) is 44.9 Å². The monoisotopic (exact) mass is 360 g/mol. The van der Waals surface area contributed by atoms with Crippen LogP contribution in [0.4, 0.5) is 0 Å². The average Bonchev–Trinajstić information content (AvgIpc) is 2.63. The van der Waals surface area contributed by atoms with E-state index < -0.39 is 0 Å². The van der Waals surface area contributed by atoms with Crippen LogP contribution < -0.4 is 0 Å². The van der Waals surface area contributed by atoms with Gasteiger partial charge in [-0.15, -0.1) is 0 Å². The van der Waals surface area contributed by atoms with Crippen molar-refractivity contribution in [3.8, 4) is 0 Å². The maximum Gasteiger partial charge on any atom is 0.246 e. The molecule has 0 rings (SSSR count). The van der Waals surface area contributed by atoms with E-state index in [1.165, 1.54) is 12.8 Å². The first kappa shape index (κ1) is 24.0. The Morgan fingerprint density at radius 3 is 2.23 bits per heavy atom. The molecule has 0 unspecified atom stereocenters. The molecule has 0 aliphatic carbocycles. The number of hydrogen-bond donors (Lipinski definition) is 0. The van der Waals surface area contributed by atoms with Crippen LogP contribution in [-0.2, 0) is 4.79 Å².